The molecule has 2 heterocycles. The number of carbonyl (C=O) groups excluding carboxylic acids is 1. The van der Waals surface area contributed by atoms with Crippen LogP contribution in [0.25, 0.3) is 0 Å². The molecule has 24 heavy (non-hydrogen) atoms. The molecule has 4 rings (SSSR count). The van der Waals surface area contributed by atoms with E-state index >= 15 is 0 Å². The Morgan fingerprint density at radius 2 is 1.62 bits per heavy atom. The fraction of sp³-hybridized carbons (Fsp3) is 0.647. The number of carbonyl (C=O) groups is 2. The van der Waals surface area contributed by atoms with E-state index in [9.17, 15) is 14.7 Å². The Kier molecular flexibility index (Phi) is 3.86. The standard InChI is InChI=1S/C17H22N4O3/c22-15(13-11-2-3-12(10-11)14(13)16(23)24)20-6-8-21(9-7-20)17-18-4-1-5-19-17/h1,4-5,11-14H,2-3,6-10H2,(H,23,24)/t11-,12-,13+,14+/m0/s1. The highest BCUT2D eigenvalue weighted by Crippen LogP contribution is 2.53. The smallest absolute Gasteiger partial charge is 0.307 e. The van der Waals surface area contributed by atoms with E-state index in [1.807, 2.05) is 4.90 Å². The minimum Gasteiger partial charge on any atom is -0.481 e. The molecule has 2 saturated carbocycles. The summed E-state index contributed by atoms with van der Waals surface area (Å²) in [6.45, 7) is 2.59. The van der Waals surface area contributed by atoms with E-state index in [0.717, 1.165) is 19.3 Å². The first-order chi connectivity index (χ1) is 11.6. The van der Waals surface area contributed by atoms with Crippen molar-refractivity contribution in [1.82, 2.24) is 14.9 Å². The lowest BCUT2D eigenvalue weighted by atomic mass is 9.78. The molecule has 0 spiro atoms. The number of nitrogens with zero attached hydrogens (tertiary/aromatic N) is 4. The van der Waals surface area contributed by atoms with Crippen molar-refractivity contribution in [2.45, 2.75) is 19.3 Å². The zero-order chi connectivity index (χ0) is 16.7. The molecule has 0 unspecified atom stereocenters. The average molecular weight is 330 g/mol. The minimum absolute atomic E-state index is 0.0447. The molecule has 7 nitrogen and oxygen atoms in total. The van der Waals surface area contributed by atoms with Crippen LogP contribution in [-0.2, 0) is 9.59 Å². The van der Waals surface area contributed by atoms with Gasteiger partial charge in [0.15, 0.2) is 0 Å². The van der Waals surface area contributed by atoms with Crippen molar-refractivity contribution in [3.63, 3.8) is 0 Å². The Bertz CT molecular complexity index is 630. The second-order valence-electron chi connectivity index (χ2n) is 7.08. The van der Waals surface area contributed by atoms with Gasteiger partial charge in [-0.3, -0.25) is 9.59 Å². The molecule has 7 heteroatoms. The highest BCUT2D eigenvalue weighted by Gasteiger charge is 2.54. The first kappa shape index (κ1) is 15.4. The van der Waals surface area contributed by atoms with Crippen LogP contribution in [0.15, 0.2) is 18.5 Å². The fourth-order valence-corrected chi connectivity index (χ4v) is 4.79. The Balaban J connectivity index is 1.42. The number of aromatic nitrogens is 2. The molecule has 1 aromatic heterocycles. The van der Waals surface area contributed by atoms with Gasteiger partial charge in [-0.05, 0) is 37.2 Å². The first-order valence-corrected chi connectivity index (χ1v) is 8.68. The lowest BCUT2D eigenvalue weighted by Gasteiger charge is -2.38. The van der Waals surface area contributed by atoms with Crippen LogP contribution in [0.3, 0.4) is 0 Å². The molecule has 1 aromatic rings. The maximum Gasteiger partial charge on any atom is 0.307 e. The number of rotatable bonds is 3. The topological polar surface area (TPSA) is 86.6 Å². The van der Waals surface area contributed by atoms with Gasteiger partial charge in [-0.25, -0.2) is 9.97 Å². The SMILES string of the molecule is O=C(O)[C@@H]1[C@H]2CC[C@@H](C2)[C@H]1C(=O)N1CCN(c2ncccn2)CC1. The zero-order valence-corrected chi connectivity index (χ0v) is 13.5. The fourth-order valence-electron chi connectivity index (χ4n) is 4.79. The molecule has 0 radical (unpaired) electrons. The summed E-state index contributed by atoms with van der Waals surface area (Å²) in [5, 5.41) is 9.55. The molecule has 1 saturated heterocycles. The molecule has 2 aliphatic carbocycles. The van der Waals surface area contributed by atoms with Crippen molar-refractivity contribution < 1.29 is 14.7 Å². The summed E-state index contributed by atoms with van der Waals surface area (Å²) in [6.07, 6.45) is 6.30. The Labute approximate surface area is 140 Å². The van der Waals surface area contributed by atoms with Crippen LogP contribution in [0.2, 0.25) is 0 Å². The van der Waals surface area contributed by atoms with E-state index in [-0.39, 0.29) is 23.7 Å². The summed E-state index contributed by atoms with van der Waals surface area (Å²) in [5.74, 6) is -0.403. The third-order valence-corrected chi connectivity index (χ3v) is 5.91. The molecule has 3 fully saturated rings. The molecule has 0 aromatic carbocycles. The molecule has 4 atom stereocenters. The number of carboxylic acids is 1. The van der Waals surface area contributed by atoms with Crippen LogP contribution >= 0.6 is 0 Å². The third-order valence-electron chi connectivity index (χ3n) is 5.91. The van der Waals surface area contributed by atoms with Crippen molar-refractivity contribution in [1.29, 1.82) is 0 Å². The van der Waals surface area contributed by atoms with Crippen molar-refractivity contribution in [2.75, 3.05) is 31.1 Å². The van der Waals surface area contributed by atoms with Gasteiger partial charge in [-0.15, -0.1) is 0 Å². The molecular weight excluding hydrogens is 308 g/mol. The van der Waals surface area contributed by atoms with Gasteiger partial charge in [-0.2, -0.15) is 0 Å². The Morgan fingerprint density at radius 1 is 1.00 bits per heavy atom. The summed E-state index contributed by atoms with van der Waals surface area (Å²) in [7, 11) is 0. The van der Waals surface area contributed by atoms with E-state index in [1.54, 1.807) is 18.5 Å². The van der Waals surface area contributed by atoms with Crippen LogP contribution in [0, 0.1) is 23.7 Å². The van der Waals surface area contributed by atoms with E-state index < -0.39 is 11.9 Å². The van der Waals surface area contributed by atoms with E-state index in [0.29, 0.717) is 32.1 Å². The van der Waals surface area contributed by atoms with Crippen molar-refractivity contribution in [3.05, 3.63) is 18.5 Å². The van der Waals surface area contributed by atoms with Gasteiger partial charge in [-0.1, -0.05) is 0 Å². The molecule has 1 N–H and O–H groups in total. The maximum atomic E-state index is 13.0. The summed E-state index contributed by atoms with van der Waals surface area (Å²) < 4.78 is 0. The second-order valence-corrected chi connectivity index (χ2v) is 7.08. The number of amides is 1. The number of anilines is 1. The maximum absolute atomic E-state index is 13.0. The van der Waals surface area contributed by atoms with E-state index in [1.165, 1.54) is 0 Å². The zero-order valence-electron chi connectivity index (χ0n) is 13.5. The predicted molar refractivity (Wildman–Crippen MR) is 86.3 cm³/mol. The lowest BCUT2D eigenvalue weighted by molar-refractivity contribution is -0.153. The highest BCUT2D eigenvalue weighted by atomic mass is 16.4. The predicted octanol–water partition coefficient (Wildman–Crippen LogP) is 0.872. The van der Waals surface area contributed by atoms with Crippen LogP contribution in [0.1, 0.15) is 19.3 Å². The Morgan fingerprint density at radius 3 is 2.25 bits per heavy atom. The summed E-state index contributed by atoms with van der Waals surface area (Å²) in [4.78, 5) is 37.0. The molecule has 3 aliphatic rings. The number of fused-ring (bicyclic) bond motifs is 2. The number of carboxylic acid groups (broad SMARTS) is 1. The minimum atomic E-state index is -0.795. The van der Waals surface area contributed by atoms with Crippen LogP contribution < -0.4 is 4.90 Å². The van der Waals surface area contributed by atoms with Crippen LogP contribution in [-0.4, -0.2) is 58.0 Å². The normalized spacial score (nSPS) is 32.2. The first-order valence-electron chi connectivity index (χ1n) is 8.68. The van der Waals surface area contributed by atoms with Gasteiger partial charge >= 0.3 is 5.97 Å². The third kappa shape index (κ3) is 2.52. The van der Waals surface area contributed by atoms with Crippen molar-refractivity contribution >= 4 is 17.8 Å². The number of piperazine rings is 1. The molecule has 2 bridgehead atoms. The molecular formula is C17H22N4O3. The van der Waals surface area contributed by atoms with Gasteiger partial charge in [0.05, 0.1) is 11.8 Å². The van der Waals surface area contributed by atoms with Gasteiger partial charge in [0.25, 0.3) is 0 Å². The second kappa shape index (κ2) is 6.03. The van der Waals surface area contributed by atoms with Crippen molar-refractivity contribution in [3.8, 4) is 0 Å². The van der Waals surface area contributed by atoms with E-state index in [4.69, 9.17) is 0 Å². The van der Waals surface area contributed by atoms with E-state index in [2.05, 4.69) is 14.9 Å². The number of aliphatic carboxylic acids is 1. The summed E-state index contributed by atoms with van der Waals surface area (Å²) >= 11 is 0. The van der Waals surface area contributed by atoms with Crippen LogP contribution in [0.5, 0.6) is 0 Å². The Hall–Kier alpha value is -2.18. The average Bonchev–Trinajstić information content (AvgIpc) is 3.23. The van der Waals surface area contributed by atoms with Gasteiger partial charge in [0, 0.05) is 38.6 Å². The molecule has 128 valence electrons. The highest BCUT2D eigenvalue weighted by molar-refractivity contribution is 5.86. The molecule has 1 aliphatic heterocycles. The van der Waals surface area contributed by atoms with Gasteiger partial charge < -0.3 is 14.9 Å². The monoisotopic (exact) mass is 330 g/mol. The lowest BCUT2D eigenvalue weighted by Crippen LogP contribution is -2.52. The van der Waals surface area contributed by atoms with Gasteiger partial charge in [0.1, 0.15) is 0 Å². The quantitative estimate of drug-likeness (QED) is 0.885. The van der Waals surface area contributed by atoms with Crippen molar-refractivity contribution in [2.24, 2.45) is 23.7 Å². The van der Waals surface area contributed by atoms with Gasteiger partial charge in [0.2, 0.25) is 11.9 Å². The molecule has 1 amide bonds. The largest absolute Gasteiger partial charge is 0.481 e. The number of hydrogen-bond donors (Lipinski definition) is 1. The summed E-state index contributed by atoms with van der Waals surface area (Å²) in [6, 6.07) is 1.78. The van der Waals surface area contributed by atoms with Crippen LogP contribution in [0.4, 0.5) is 5.95 Å². The summed E-state index contributed by atoms with van der Waals surface area (Å²) in [5.41, 5.74) is 0. The number of hydrogen-bond acceptors (Lipinski definition) is 5.